The van der Waals surface area contributed by atoms with Crippen LogP contribution in [0, 0.1) is 5.92 Å². The monoisotopic (exact) mass is 537 g/mol. The number of amides is 6. The summed E-state index contributed by atoms with van der Waals surface area (Å²) in [4.78, 5) is 82.8. The van der Waals surface area contributed by atoms with E-state index in [1.54, 1.807) is 4.90 Å². The maximum Gasteiger partial charge on any atom is 0.327 e. The number of likely N-dealkylation sites (N-methyl/N-ethyl adjacent to an activating group) is 2. The molecule has 0 radical (unpaired) electrons. The van der Waals surface area contributed by atoms with Crippen LogP contribution in [0.15, 0.2) is 0 Å². The molecule has 1 aliphatic heterocycles. The van der Waals surface area contributed by atoms with Gasteiger partial charge < -0.3 is 24.8 Å². The number of hydrogen-bond acceptors (Lipinski definition) is 6. The van der Waals surface area contributed by atoms with Crippen LogP contribution in [0.5, 0.6) is 0 Å². The van der Waals surface area contributed by atoms with Crippen LogP contribution < -0.4 is 5.32 Å². The number of rotatable bonds is 13. The van der Waals surface area contributed by atoms with E-state index in [2.05, 4.69) is 5.32 Å². The number of nitrogens with zero attached hydrogens (tertiary/aromatic N) is 4. The number of aldehydes is 1. The fourth-order valence-electron chi connectivity index (χ4n) is 4.37. The van der Waals surface area contributed by atoms with Crippen LogP contribution in [0.4, 0.5) is 4.79 Å². The van der Waals surface area contributed by atoms with Crippen molar-refractivity contribution < 1.29 is 28.8 Å². The zero-order chi connectivity index (χ0) is 29.0. The molecule has 11 heteroatoms. The molecule has 0 aromatic rings. The zero-order valence-corrected chi connectivity index (χ0v) is 24.2. The van der Waals surface area contributed by atoms with Gasteiger partial charge in [-0.3, -0.25) is 24.1 Å². The zero-order valence-electron chi connectivity index (χ0n) is 24.2. The normalized spacial score (nSPS) is 15.7. The highest BCUT2D eigenvalue weighted by Gasteiger charge is 2.39. The molecule has 1 rings (SSSR count). The molecule has 1 fully saturated rings. The van der Waals surface area contributed by atoms with Crippen molar-refractivity contribution in [3.63, 3.8) is 0 Å². The Morgan fingerprint density at radius 1 is 0.921 bits per heavy atom. The number of nitrogens with one attached hydrogen (secondary N) is 1. The van der Waals surface area contributed by atoms with Crippen LogP contribution >= 0.6 is 0 Å². The molecule has 38 heavy (non-hydrogen) atoms. The third kappa shape index (κ3) is 9.09. The Morgan fingerprint density at radius 2 is 1.53 bits per heavy atom. The van der Waals surface area contributed by atoms with Crippen molar-refractivity contribution in [2.75, 3.05) is 33.7 Å². The first-order valence-electron chi connectivity index (χ1n) is 13.8. The Hall–Kier alpha value is -2.98. The summed E-state index contributed by atoms with van der Waals surface area (Å²) in [6.45, 7) is 10.2. The quantitative estimate of drug-likeness (QED) is 0.283. The van der Waals surface area contributed by atoms with Crippen molar-refractivity contribution in [2.24, 2.45) is 5.92 Å². The average Bonchev–Trinajstić information content (AvgIpc) is 2.91. The van der Waals surface area contributed by atoms with Gasteiger partial charge in [0.05, 0.1) is 6.04 Å². The number of carbonyl (C=O) groups excluding carboxylic acids is 6. The van der Waals surface area contributed by atoms with Crippen molar-refractivity contribution in [1.82, 2.24) is 24.9 Å². The molecule has 0 spiro atoms. The SMILES string of the molecule is CCCC(=O)N(CCC)C(=O)N(C)C(CC(C)C)C(=O)N[C@H](C(=O)N1CCCCC1)C(=O)N(C)C(C)C=O. The largest absolute Gasteiger partial charge is 0.340 e. The highest BCUT2D eigenvalue weighted by Crippen LogP contribution is 2.16. The molecule has 0 bridgehead atoms. The number of carbonyl (C=O) groups is 6. The van der Waals surface area contributed by atoms with Gasteiger partial charge in [0.1, 0.15) is 12.3 Å². The second kappa shape index (κ2) is 16.1. The lowest BCUT2D eigenvalue weighted by atomic mass is 10.0. The first kappa shape index (κ1) is 33.0. The smallest absolute Gasteiger partial charge is 0.327 e. The molecule has 216 valence electrons. The van der Waals surface area contributed by atoms with E-state index in [1.807, 2.05) is 27.7 Å². The van der Waals surface area contributed by atoms with Crippen LogP contribution in [-0.4, -0.2) is 107 Å². The average molecular weight is 538 g/mol. The molecule has 0 aromatic carbocycles. The lowest BCUT2D eigenvalue weighted by molar-refractivity contribution is -0.148. The summed E-state index contributed by atoms with van der Waals surface area (Å²) < 4.78 is 0. The summed E-state index contributed by atoms with van der Waals surface area (Å²) in [5, 5.41) is 2.61. The summed E-state index contributed by atoms with van der Waals surface area (Å²) in [6.07, 6.45) is 4.79. The van der Waals surface area contributed by atoms with E-state index < -0.39 is 41.9 Å². The van der Waals surface area contributed by atoms with E-state index in [9.17, 15) is 28.8 Å². The Kier molecular flexibility index (Phi) is 14.0. The Balaban J connectivity index is 3.31. The van der Waals surface area contributed by atoms with Gasteiger partial charge in [0, 0.05) is 40.2 Å². The third-order valence-corrected chi connectivity index (χ3v) is 6.81. The van der Waals surface area contributed by atoms with Crippen LogP contribution in [-0.2, 0) is 24.0 Å². The molecule has 6 amide bonds. The van der Waals surface area contributed by atoms with Crippen molar-refractivity contribution in [2.45, 2.75) is 97.7 Å². The standard InChI is InChI=1S/C27H47N5O6/c1-8-13-22(34)32(14-9-2)27(38)30(7)21(17-19(3)4)24(35)28-23(25(36)29(6)20(5)18-33)26(37)31-15-11-10-12-16-31/h18-21,23H,8-17H2,1-7H3,(H,28,35)/t20?,21?,23-/m0/s1. The number of imide groups is 1. The highest BCUT2D eigenvalue weighted by atomic mass is 16.2. The molecule has 1 N–H and O–H groups in total. The first-order chi connectivity index (χ1) is 17.9. The van der Waals surface area contributed by atoms with E-state index in [-0.39, 0.29) is 31.2 Å². The number of hydrogen-bond donors (Lipinski definition) is 1. The van der Waals surface area contributed by atoms with Gasteiger partial charge >= 0.3 is 6.03 Å². The topological polar surface area (TPSA) is 127 Å². The molecule has 1 heterocycles. The third-order valence-electron chi connectivity index (χ3n) is 6.81. The fraction of sp³-hybridized carbons (Fsp3) is 0.778. The summed E-state index contributed by atoms with van der Waals surface area (Å²) in [7, 11) is 2.87. The summed E-state index contributed by atoms with van der Waals surface area (Å²) in [5.74, 6) is -2.21. The van der Waals surface area contributed by atoms with Crippen LogP contribution in [0.25, 0.3) is 0 Å². The molecule has 0 saturated carbocycles. The molecular weight excluding hydrogens is 490 g/mol. The van der Waals surface area contributed by atoms with E-state index >= 15 is 0 Å². The highest BCUT2D eigenvalue weighted by molar-refractivity contribution is 6.08. The molecule has 1 saturated heterocycles. The fourth-order valence-corrected chi connectivity index (χ4v) is 4.37. The molecule has 3 atom stereocenters. The molecule has 0 aromatic heterocycles. The lowest BCUT2D eigenvalue weighted by Crippen LogP contribution is -2.62. The Labute approximate surface area is 227 Å². The van der Waals surface area contributed by atoms with Crippen molar-refractivity contribution in [3.8, 4) is 0 Å². The van der Waals surface area contributed by atoms with E-state index in [4.69, 9.17) is 0 Å². The van der Waals surface area contributed by atoms with E-state index in [1.165, 1.54) is 25.9 Å². The minimum atomic E-state index is -1.53. The summed E-state index contributed by atoms with van der Waals surface area (Å²) in [5.41, 5.74) is 0. The van der Waals surface area contributed by atoms with Crippen LogP contribution in [0.2, 0.25) is 0 Å². The predicted octanol–water partition coefficient (Wildman–Crippen LogP) is 2.03. The molecular formula is C27H47N5O6. The molecule has 0 aliphatic carbocycles. The van der Waals surface area contributed by atoms with Gasteiger partial charge in [-0.1, -0.05) is 27.7 Å². The number of urea groups is 1. The first-order valence-corrected chi connectivity index (χ1v) is 13.8. The van der Waals surface area contributed by atoms with Crippen molar-refractivity contribution >= 4 is 35.9 Å². The molecule has 2 unspecified atom stereocenters. The van der Waals surface area contributed by atoms with Gasteiger partial charge in [-0.2, -0.15) is 0 Å². The Morgan fingerprint density at radius 3 is 2.03 bits per heavy atom. The Bertz CT molecular complexity index is 842. The van der Waals surface area contributed by atoms with E-state index in [0.717, 1.165) is 29.1 Å². The number of piperidine rings is 1. The maximum atomic E-state index is 13.6. The maximum absolute atomic E-state index is 13.6. The van der Waals surface area contributed by atoms with Gasteiger partial charge in [0.25, 0.3) is 11.8 Å². The summed E-state index contributed by atoms with van der Waals surface area (Å²) >= 11 is 0. The molecule has 11 nitrogen and oxygen atoms in total. The van der Waals surface area contributed by atoms with Crippen molar-refractivity contribution in [1.29, 1.82) is 0 Å². The minimum absolute atomic E-state index is 0.00308. The van der Waals surface area contributed by atoms with Crippen LogP contribution in [0.1, 0.15) is 79.6 Å². The van der Waals surface area contributed by atoms with E-state index in [0.29, 0.717) is 32.2 Å². The lowest BCUT2D eigenvalue weighted by Gasteiger charge is -2.35. The van der Waals surface area contributed by atoms with Gasteiger partial charge in [-0.05, 0) is 51.4 Å². The van der Waals surface area contributed by atoms with Gasteiger partial charge in [0.15, 0.2) is 6.04 Å². The molecule has 1 aliphatic rings. The number of likely N-dealkylation sites (tertiary alicyclic amines) is 1. The second-order valence-electron chi connectivity index (χ2n) is 10.5. The van der Waals surface area contributed by atoms with Gasteiger partial charge in [-0.25, -0.2) is 4.79 Å². The van der Waals surface area contributed by atoms with Crippen LogP contribution in [0.3, 0.4) is 0 Å². The summed E-state index contributed by atoms with van der Waals surface area (Å²) in [6, 6.07) is -3.93. The predicted molar refractivity (Wildman–Crippen MR) is 144 cm³/mol. The van der Waals surface area contributed by atoms with Gasteiger partial charge in [-0.15, -0.1) is 0 Å². The second-order valence-corrected chi connectivity index (χ2v) is 10.5. The van der Waals surface area contributed by atoms with Crippen molar-refractivity contribution in [3.05, 3.63) is 0 Å². The van der Waals surface area contributed by atoms with Gasteiger partial charge in [0.2, 0.25) is 11.8 Å². The minimum Gasteiger partial charge on any atom is -0.340 e.